The van der Waals surface area contributed by atoms with Crippen molar-refractivity contribution in [3.8, 4) is 5.88 Å². The molecular formula is C8H14N4O2S. The van der Waals surface area contributed by atoms with Gasteiger partial charge in [-0.05, 0) is 13.8 Å². The number of hydrogen-bond acceptors (Lipinski definition) is 4. The molecule has 15 heavy (non-hydrogen) atoms. The smallest absolute Gasteiger partial charge is 0.231 e. The summed E-state index contributed by atoms with van der Waals surface area (Å²) in [5.74, 6) is 0.397. The molecular weight excluding hydrogens is 216 g/mol. The Morgan fingerprint density at radius 2 is 2.40 bits per heavy atom. The van der Waals surface area contributed by atoms with Gasteiger partial charge in [0.2, 0.25) is 5.88 Å². The molecule has 6 nitrogen and oxygen atoms in total. The fourth-order valence-electron chi connectivity index (χ4n) is 1.71. The summed E-state index contributed by atoms with van der Waals surface area (Å²) in [5, 5.41) is 9.50. The number of aryl methyl sites for hydroxylation is 2. The fourth-order valence-corrected chi connectivity index (χ4v) is 2.61. The molecule has 0 bridgehead atoms. The highest BCUT2D eigenvalue weighted by Crippen LogP contribution is 2.30. The first-order valence-electron chi connectivity index (χ1n) is 4.70. The first kappa shape index (κ1) is 10.4. The molecule has 2 rings (SSSR count). The van der Waals surface area contributed by atoms with E-state index in [2.05, 4.69) is 5.10 Å². The van der Waals surface area contributed by atoms with Crippen LogP contribution in [0.25, 0.3) is 0 Å². The molecule has 0 aromatic carbocycles. The highest BCUT2D eigenvalue weighted by Gasteiger charge is 2.27. The fraction of sp³-hybridized carbons (Fsp3) is 0.625. The van der Waals surface area contributed by atoms with Crippen LogP contribution in [-0.2, 0) is 16.5 Å². The van der Waals surface area contributed by atoms with Crippen LogP contribution < -0.4 is 9.88 Å². The van der Waals surface area contributed by atoms with Crippen LogP contribution >= 0.6 is 0 Å². The van der Waals surface area contributed by atoms with Crippen molar-refractivity contribution >= 4 is 9.92 Å². The third-order valence-corrected chi connectivity index (χ3v) is 3.47. The second kappa shape index (κ2) is 3.21. The monoisotopic (exact) mass is 230 g/mol. The zero-order valence-electron chi connectivity index (χ0n) is 8.69. The number of aromatic nitrogens is 2. The molecule has 1 aromatic heterocycles. The molecule has 0 amide bonds. The second-order valence-corrected chi connectivity index (χ2v) is 5.37. The third-order valence-electron chi connectivity index (χ3n) is 2.39. The SMILES string of the molecule is Cc1nn2c(c1S(=N)(N)=O)OC(C)CC2. The minimum Gasteiger partial charge on any atom is -0.474 e. The largest absolute Gasteiger partial charge is 0.474 e. The van der Waals surface area contributed by atoms with Crippen molar-refractivity contribution in [2.45, 2.75) is 37.8 Å². The van der Waals surface area contributed by atoms with Crippen LogP contribution in [-0.4, -0.2) is 20.1 Å². The van der Waals surface area contributed by atoms with Gasteiger partial charge in [-0.25, -0.2) is 18.8 Å². The summed E-state index contributed by atoms with van der Waals surface area (Å²) in [6, 6.07) is 0. The van der Waals surface area contributed by atoms with Crippen molar-refractivity contribution in [1.29, 1.82) is 4.78 Å². The summed E-state index contributed by atoms with van der Waals surface area (Å²) in [4.78, 5) is 0.231. The number of fused-ring (bicyclic) bond motifs is 1. The molecule has 0 saturated carbocycles. The Balaban J connectivity index is 2.61. The van der Waals surface area contributed by atoms with E-state index in [1.165, 1.54) is 0 Å². The average Bonchev–Trinajstić information content (AvgIpc) is 2.38. The lowest BCUT2D eigenvalue weighted by atomic mass is 10.2. The molecule has 2 heterocycles. The minimum atomic E-state index is -3.26. The summed E-state index contributed by atoms with van der Waals surface area (Å²) in [7, 11) is -3.26. The summed E-state index contributed by atoms with van der Waals surface area (Å²) < 4.78 is 26.1. The highest BCUT2D eigenvalue weighted by atomic mass is 32.2. The van der Waals surface area contributed by atoms with Crippen LogP contribution in [0.3, 0.4) is 0 Å². The first-order valence-corrected chi connectivity index (χ1v) is 6.32. The van der Waals surface area contributed by atoms with Gasteiger partial charge in [0.05, 0.1) is 11.8 Å². The van der Waals surface area contributed by atoms with Crippen LogP contribution in [0, 0.1) is 11.7 Å². The molecule has 0 fully saturated rings. The summed E-state index contributed by atoms with van der Waals surface area (Å²) in [6.45, 7) is 4.33. The van der Waals surface area contributed by atoms with Crippen molar-refractivity contribution in [3.63, 3.8) is 0 Å². The molecule has 0 spiro atoms. The molecule has 0 radical (unpaired) electrons. The molecule has 1 aliphatic rings. The van der Waals surface area contributed by atoms with Crippen molar-refractivity contribution < 1.29 is 8.95 Å². The average molecular weight is 230 g/mol. The van der Waals surface area contributed by atoms with Gasteiger partial charge in [0.1, 0.15) is 14.8 Å². The van der Waals surface area contributed by atoms with E-state index in [0.29, 0.717) is 18.1 Å². The number of nitrogens with zero attached hydrogens (tertiary/aromatic N) is 2. The van der Waals surface area contributed by atoms with E-state index in [1.54, 1.807) is 11.6 Å². The first-order chi connectivity index (χ1) is 6.89. The molecule has 2 atom stereocenters. The molecule has 0 saturated heterocycles. The van der Waals surface area contributed by atoms with Crippen LogP contribution in [0.15, 0.2) is 4.90 Å². The maximum absolute atomic E-state index is 11.6. The Hall–Kier alpha value is -1.08. The van der Waals surface area contributed by atoms with E-state index >= 15 is 0 Å². The van der Waals surface area contributed by atoms with E-state index in [0.717, 1.165) is 6.42 Å². The van der Waals surface area contributed by atoms with Crippen LogP contribution in [0.1, 0.15) is 19.0 Å². The molecule has 1 aromatic rings. The second-order valence-electron chi connectivity index (χ2n) is 3.76. The Morgan fingerprint density at radius 3 is 3.00 bits per heavy atom. The van der Waals surface area contributed by atoms with E-state index in [9.17, 15) is 4.21 Å². The molecule has 7 heteroatoms. The van der Waals surface area contributed by atoms with Crippen molar-refractivity contribution in [2.75, 3.05) is 0 Å². The third kappa shape index (κ3) is 1.72. The zero-order valence-corrected chi connectivity index (χ0v) is 9.50. The lowest BCUT2D eigenvalue weighted by Gasteiger charge is -2.22. The van der Waals surface area contributed by atoms with Gasteiger partial charge in [-0.1, -0.05) is 0 Å². The number of rotatable bonds is 1. The Kier molecular flexibility index (Phi) is 2.23. The number of hydrogen-bond donors (Lipinski definition) is 2. The van der Waals surface area contributed by atoms with Crippen molar-refractivity contribution in [3.05, 3.63) is 5.69 Å². The van der Waals surface area contributed by atoms with Gasteiger partial charge < -0.3 is 4.74 Å². The summed E-state index contributed by atoms with van der Waals surface area (Å²) in [5.41, 5.74) is 0.515. The molecule has 84 valence electrons. The highest BCUT2D eigenvalue weighted by molar-refractivity contribution is 7.90. The molecule has 2 unspecified atom stereocenters. The van der Waals surface area contributed by atoms with Crippen molar-refractivity contribution in [2.24, 2.45) is 5.14 Å². The van der Waals surface area contributed by atoms with Crippen molar-refractivity contribution in [1.82, 2.24) is 9.78 Å². The normalized spacial score (nSPS) is 24.1. The van der Waals surface area contributed by atoms with Crippen LogP contribution in [0.2, 0.25) is 0 Å². The van der Waals surface area contributed by atoms with Gasteiger partial charge in [0, 0.05) is 13.0 Å². The van der Waals surface area contributed by atoms with E-state index < -0.39 is 9.92 Å². The van der Waals surface area contributed by atoms with Gasteiger partial charge in [-0.3, -0.25) is 0 Å². The predicted octanol–water partition coefficient (Wildman–Crippen LogP) is 0.642. The number of ether oxygens (including phenoxy) is 1. The maximum Gasteiger partial charge on any atom is 0.231 e. The summed E-state index contributed by atoms with van der Waals surface area (Å²) >= 11 is 0. The van der Waals surface area contributed by atoms with Crippen LogP contribution in [0.5, 0.6) is 5.88 Å². The number of nitrogens with one attached hydrogen (secondary N) is 1. The standard InChI is InChI=1S/C8H14N4O2S/c1-5-3-4-12-8(14-5)7(6(2)11-12)15(9,10)13/h5H,3-4H2,1-2H3,(H3,9,10,13). The Labute approximate surface area is 88.5 Å². The van der Waals surface area contributed by atoms with E-state index in [1.807, 2.05) is 6.92 Å². The number of nitrogens with two attached hydrogens (primary N) is 1. The zero-order chi connectivity index (χ0) is 11.2. The lowest BCUT2D eigenvalue weighted by Crippen LogP contribution is -2.24. The van der Waals surface area contributed by atoms with Crippen LogP contribution in [0.4, 0.5) is 0 Å². The topological polar surface area (TPSA) is 94.0 Å². The van der Waals surface area contributed by atoms with E-state index in [-0.39, 0.29) is 11.0 Å². The molecule has 3 N–H and O–H groups in total. The summed E-state index contributed by atoms with van der Waals surface area (Å²) in [6.07, 6.45) is 0.909. The van der Waals surface area contributed by atoms with Gasteiger partial charge in [0.25, 0.3) is 0 Å². The van der Waals surface area contributed by atoms with Gasteiger partial charge in [-0.15, -0.1) is 0 Å². The maximum atomic E-state index is 11.6. The quantitative estimate of drug-likeness (QED) is 0.741. The lowest BCUT2D eigenvalue weighted by molar-refractivity contribution is 0.144. The van der Waals surface area contributed by atoms with Gasteiger partial charge in [0.15, 0.2) is 0 Å². The minimum absolute atomic E-state index is 0.0501. The van der Waals surface area contributed by atoms with Gasteiger partial charge >= 0.3 is 0 Å². The predicted molar refractivity (Wildman–Crippen MR) is 55.0 cm³/mol. The van der Waals surface area contributed by atoms with Gasteiger partial charge in [-0.2, -0.15) is 5.10 Å². The molecule has 1 aliphatic heterocycles. The Bertz CT molecular complexity index is 491. The molecule has 0 aliphatic carbocycles. The van der Waals surface area contributed by atoms with E-state index in [4.69, 9.17) is 14.7 Å². The Morgan fingerprint density at radius 1 is 1.73 bits per heavy atom.